The van der Waals surface area contributed by atoms with Crippen molar-refractivity contribution < 1.29 is 4.74 Å². The van der Waals surface area contributed by atoms with E-state index in [9.17, 15) is 0 Å². The minimum absolute atomic E-state index is 0.0428. The summed E-state index contributed by atoms with van der Waals surface area (Å²) in [6.45, 7) is 0.319. The lowest BCUT2D eigenvalue weighted by molar-refractivity contribution is 0.294. The molecular formula is C16H12ClNO. The van der Waals surface area contributed by atoms with Gasteiger partial charge in [0.05, 0.1) is 0 Å². The van der Waals surface area contributed by atoms with E-state index in [4.69, 9.17) is 21.7 Å². The molecular weight excluding hydrogens is 258 g/mol. The largest absolute Gasteiger partial charge is 0.467 e. The van der Waals surface area contributed by atoms with Gasteiger partial charge in [-0.05, 0) is 35.7 Å². The third-order valence-electron chi connectivity index (χ3n) is 2.39. The maximum Gasteiger partial charge on any atom is 0.261 e. The lowest BCUT2D eigenvalue weighted by Gasteiger charge is -2.02. The molecule has 0 aliphatic heterocycles. The Morgan fingerprint density at radius 2 is 1.74 bits per heavy atom. The molecule has 2 aromatic carbocycles. The Labute approximate surface area is 117 Å². The van der Waals surface area contributed by atoms with Gasteiger partial charge in [0.25, 0.3) is 5.90 Å². The number of ether oxygens (including phenoxy) is 1. The molecule has 0 radical (unpaired) electrons. The summed E-state index contributed by atoms with van der Waals surface area (Å²) in [7, 11) is 0. The second-order valence-electron chi connectivity index (χ2n) is 3.86. The normalized spacial score (nSPS) is 9.32. The molecule has 0 spiro atoms. The summed E-state index contributed by atoms with van der Waals surface area (Å²) < 4.78 is 5.26. The van der Waals surface area contributed by atoms with Crippen molar-refractivity contribution in [1.82, 2.24) is 0 Å². The molecule has 0 saturated carbocycles. The second-order valence-corrected chi connectivity index (χ2v) is 4.30. The summed E-state index contributed by atoms with van der Waals surface area (Å²) in [6.07, 6.45) is 0. The van der Waals surface area contributed by atoms with Crippen molar-refractivity contribution in [2.45, 2.75) is 6.61 Å². The third-order valence-corrected chi connectivity index (χ3v) is 2.64. The zero-order valence-corrected chi connectivity index (χ0v) is 10.9. The first-order valence-corrected chi connectivity index (χ1v) is 6.15. The van der Waals surface area contributed by atoms with E-state index in [1.165, 1.54) is 0 Å². The molecule has 0 saturated heterocycles. The number of nitrogens with one attached hydrogen (secondary N) is 1. The number of rotatable bonds is 2. The van der Waals surface area contributed by atoms with E-state index in [1.54, 1.807) is 12.1 Å². The fourth-order valence-electron chi connectivity index (χ4n) is 1.42. The average Bonchev–Trinajstić information content (AvgIpc) is 2.45. The van der Waals surface area contributed by atoms with E-state index in [0.29, 0.717) is 11.6 Å². The van der Waals surface area contributed by atoms with Crippen molar-refractivity contribution in [1.29, 1.82) is 5.41 Å². The van der Waals surface area contributed by atoms with Crippen molar-refractivity contribution >= 4 is 17.5 Å². The zero-order valence-electron chi connectivity index (χ0n) is 10.2. The van der Waals surface area contributed by atoms with E-state index in [0.717, 1.165) is 11.1 Å². The van der Waals surface area contributed by atoms with Gasteiger partial charge in [0.15, 0.2) is 0 Å². The average molecular weight is 270 g/mol. The number of halogens is 1. The van der Waals surface area contributed by atoms with Crippen molar-refractivity contribution in [3.8, 4) is 11.8 Å². The van der Waals surface area contributed by atoms with Gasteiger partial charge >= 0.3 is 0 Å². The van der Waals surface area contributed by atoms with Gasteiger partial charge in [0, 0.05) is 10.6 Å². The summed E-state index contributed by atoms with van der Waals surface area (Å²) >= 11 is 5.79. The van der Waals surface area contributed by atoms with Crippen molar-refractivity contribution in [2.75, 3.05) is 0 Å². The Balaban J connectivity index is 1.89. The molecule has 3 heteroatoms. The SMILES string of the molecule is N=C(C#Cc1ccccc1)OCc1ccc(Cl)cc1. The highest BCUT2D eigenvalue weighted by molar-refractivity contribution is 6.30. The van der Waals surface area contributed by atoms with Gasteiger partial charge in [-0.3, -0.25) is 5.41 Å². The van der Waals surface area contributed by atoms with Crippen LogP contribution in [0.3, 0.4) is 0 Å². The van der Waals surface area contributed by atoms with Gasteiger partial charge in [0.2, 0.25) is 0 Å². The van der Waals surface area contributed by atoms with Crippen LogP contribution in [-0.2, 0) is 11.3 Å². The van der Waals surface area contributed by atoms with Gasteiger partial charge in [0.1, 0.15) is 6.61 Å². The Hall–Kier alpha value is -2.24. The highest BCUT2D eigenvalue weighted by atomic mass is 35.5. The minimum atomic E-state index is -0.0428. The van der Waals surface area contributed by atoms with Crippen LogP contribution in [0.5, 0.6) is 0 Å². The Morgan fingerprint density at radius 1 is 1.05 bits per heavy atom. The molecule has 0 atom stereocenters. The molecule has 19 heavy (non-hydrogen) atoms. The fraction of sp³-hybridized carbons (Fsp3) is 0.0625. The Morgan fingerprint density at radius 3 is 2.42 bits per heavy atom. The highest BCUT2D eigenvalue weighted by Gasteiger charge is 1.96. The molecule has 0 fully saturated rings. The highest BCUT2D eigenvalue weighted by Crippen LogP contribution is 2.10. The van der Waals surface area contributed by atoms with Crippen molar-refractivity contribution in [3.05, 3.63) is 70.7 Å². The molecule has 94 valence electrons. The maximum atomic E-state index is 7.61. The first-order chi connectivity index (χ1) is 9.24. The van der Waals surface area contributed by atoms with Gasteiger partial charge in [-0.1, -0.05) is 47.9 Å². The van der Waals surface area contributed by atoms with E-state index < -0.39 is 0 Å². The standard InChI is InChI=1S/C16H12ClNO/c17-15-9-6-14(7-10-15)12-19-16(18)11-8-13-4-2-1-3-5-13/h1-7,9-10,18H,12H2. The van der Waals surface area contributed by atoms with Gasteiger partial charge < -0.3 is 4.74 Å². The topological polar surface area (TPSA) is 33.1 Å². The van der Waals surface area contributed by atoms with Gasteiger partial charge in [-0.25, -0.2) is 0 Å². The van der Waals surface area contributed by atoms with Crippen LogP contribution in [0.4, 0.5) is 0 Å². The lowest BCUT2D eigenvalue weighted by Crippen LogP contribution is -2.00. The first kappa shape index (κ1) is 13.2. The molecule has 0 heterocycles. The number of hydrogen-bond acceptors (Lipinski definition) is 2. The molecule has 2 nitrogen and oxygen atoms in total. The van der Waals surface area contributed by atoms with Gasteiger partial charge in [-0.2, -0.15) is 0 Å². The predicted molar refractivity (Wildman–Crippen MR) is 77.3 cm³/mol. The lowest BCUT2D eigenvalue weighted by atomic mass is 10.2. The third kappa shape index (κ3) is 4.50. The van der Waals surface area contributed by atoms with Crippen LogP contribution in [0.25, 0.3) is 0 Å². The summed E-state index contributed by atoms with van der Waals surface area (Å²) in [4.78, 5) is 0. The van der Waals surface area contributed by atoms with Crippen molar-refractivity contribution in [2.24, 2.45) is 0 Å². The van der Waals surface area contributed by atoms with Crippen LogP contribution in [-0.4, -0.2) is 5.90 Å². The fourth-order valence-corrected chi connectivity index (χ4v) is 1.55. The summed E-state index contributed by atoms with van der Waals surface area (Å²) in [6, 6.07) is 16.8. The Kier molecular flexibility index (Phi) is 4.60. The van der Waals surface area contributed by atoms with Crippen LogP contribution in [0.1, 0.15) is 11.1 Å². The van der Waals surface area contributed by atoms with Crippen molar-refractivity contribution in [3.63, 3.8) is 0 Å². The monoisotopic (exact) mass is 269 g/mol. The van der Waals surface area contributed by atoms with Crippen LogP contribution in [0.15, 0.2) is 54.6 Å². The molecule has 2 aromatic rings. The van der Waals surface area contributed by atoms with Crippen LogP contribution >= 0.6 is 11.6 Å². The first-order valence-electron chi connectivity index (χ1n) is 5.77. The molecule has 0 amide bonds. The smallest absolute Gasteiger partial charge is 0.261 e. The van der Waals surface area contributed by atoms with E-state index in [2.05, 4.69) is 11.8 Å². The van der Waals surface area contributed by atoms with E-state index >= 15 is 0 Å². The maximum absolute atomic E-state index is 7.61. The van der Waals surface area contributed by atoms with E-state index in [1.807, 2.05) is 42.5 Å². The quantitative estimate of drug-likeness (QED) is 0.501. The summed E-state index contributed by atoms with van der Waals surface area (Å²) in [5.74, 6) is 5.49. The van der Waals surface area contributed by atoms with Gasteiger partial charge in [-0.15, -0.1) is 0 Å². The zero-order chi connectivity index (χ0) is 13.5. The summed E-state index contributed by atoms with van der Waals surface area (Å²) in [5.41, 5.74) is 1.82. The van der Waals surface area contributed by atoms with E-state index in [-0.39, 0.29) is 5.90 Å². The predicted octanol–water partition coefficient (Wildman–Crippen LogP) is 3.89. The molecule has 2 rings (SSSR count). The summed E-state index contributed by atoms with van der Waals surface area (Å²) in [5, 5.41) is 8.29. The van der Waals surface area contributed by atoms with Crippen LogP contribution < -0.4 is 0 Å². The minimum Gasteiger partial charge on any atom is -0.467 e. The molecule has 0 aliphatic carbocycles. The second kappa shape index (κ2) is 6.63. The van der Waals surface area contributed by atoms with Crippen LogP contribution in [0, 0.1) is 17.3 Å². The molecule has 0 unspecified atom stereocenters. The molecule has 0 aliphatic rings. The number of hydrogen-bond donors (Lipinski definition) is 1. The molecule has 1 N–H and O–H groups in total. The Bertz CT molecular complexity index is 609. The van der Waals surface area contributed by atoms with Crippen LogP contribution in [0.2, 0.25) is 5.02 Å². The number of benzene rings is 2. The molecule has 0 aromatic heterocycles. The molecule has 0 bridgehead atoms.